The molecule has 0 bridgehead atoms. The Hall–Kier alpha value is -3.65. The zero-order valence-corrected chi connectivity index (χ0v) is 21.3. The topological polar surface area (TPSA) is 87.3 Å². The number of thioether (sulfide) groups is 1. The second-order valence-electron chi connectivity index (χ2n) is 9.85. The maximum atomic E-state index is 13.4. The van der Waals surface area contributed by atoms with Crippen LogP contribution in [0.5, 0.6) is 0 Å². The Morgan fingerprint density at radius 1 is 1.08 bits per heavy atom. The van der Waals surface area contributed by atoms with E-state index in [0.29, 0.717) is 22.5 Å². The Kier molecular flexibility index (Phi) is 6.53. The highest BCUT2D eigenvalue weighted by molar-refractivity contribution is 8.13. The van der Waals surface area contributed by atoms with Gasteiger partial charge in [-0.3, -0.25) is 14.6 Å². The van der Waals surface area contributed by atoms with Gasteiger partial charge >= 0.3 is 0 Å². The second kappa shape index (κ2) is 9.78. The third-order valence-electron chi connectivity index (χ3n) is 6.15. The molecular weight excluding hydrogens is 472 g/mol. The number of para-hydroxylation sites is 1. The molecule has 36 heavy (non-hydrogen) atoms. The van der Waals surface area contributed by atoms with Gasteiger partial charge in [0, 0.05) is 11.3 Å². The van der Waals surface area contributed by atoms with Crippen LogP contribution in [0.2, 0.25) is 0 Å². The third kappa shape index (κ3) is 4.99. The third-order valence-corrected chi connectivity index (χ3v) is 7.16. The summed E-state index contributed by atoms with van der Waals surface area (Å²) >= 11 is 1.50. The van der Waals surface area contributed by atoms with Crippen LogP contribution >= 0.6 is 11.8 Å². The average molecular weight is 501 g/mol. The van der Waals surface area contributed by atoms with Crippen LogP contribution < -0.4 is 5.32 Å². The Labute approximate surface area is 214 Å². The standard InChI is InChI=1S/C28H28N4O3S/c1-28(2,3)19-12-10-18(11-13-19)17-36-27-31-22-9-5-4-8-21(22)25-30-23(26(34)32(25)27)15-24(33)29-16-20-7-6-14-35-20/h4-14,23H,15-17H2,1-3H3,(H,29,33). The summed E-state index contributed by atoms with van der Waals surface area (Å²) in [7, 11) is 0. The van der Waals surface area contributed by atoms with E-state index in [1.807, 2.05) is 24.3 Å². The van der Waals surface area contributed by atoms with E-state index in [1.54, 1.807) is 23.3 Å². The Bertz CT molecular complexity index is 1340. The molecule has 5 rings (SSSR count). The molecule has 0 saturated carbocycles. The van der Waals surface area contributed by atoms with E-state index in [0.717, 1.165) is 16.8 Å². The van der Waals surface area contributed by atoms with Crippen molar-refractivity contribution < 1.29 is 14.0 Å². The van der Waals surface area contributed by atoms with E-state index in [4.69, 9.17) is 9.41 Å². The zero-order valence-electron chi connectivity index (χ0n) is 20.5. The van der Waals surface area contributed by atoms with Crippen LogP contribution in [-0.2, 0) is 27.3 Å². The minimum Gasteiger partial charge on any atom is -0.467 e. The number of furan rings is 1. The highest BCUT2D eigenvalue weighted by atomic mass is 32.2. The molecule has 2 amide bonds. The first kappa shape index (κ1) is 24.1. The summed E-state index contributed by atoms with van der Waals surface area (Å²) in [4.78, 5) is 37.0. The number of aliphatic imine (C=N–C) groups is 2. The molecular formula is C28H28N4O3S. The molecule has 1 atom stereocenters. The Balaban J connectivity index is 1.32. The van der Waals surface area contributed by atoms with Crippen LogP contribution in [0.4, 0.5) is 5.69 Å². The molecule has 0 saturated heterocycles. The second-order valence-corrected chi connectivity index (χ2v) is 10.8. The predicted octanol–water partition coefficient (Wildman–Crippen LogP) is 5.18. The molecule has 1 N–H and O–H groups in total. The van der Waals surface area contributed by atoms with Gasteiger partial charge in [0.2, 0.25) is 5.91 Å². The lowest BCUT2D eigenvalue weighted by Gasteiger charge is -2.25. The molecule has 7 nitrogen and oxygen atoms in total. The van der Waals surface area contributed by atoms with Crippen molar-refractivity contribution in [2.24, 2.45) is 9.98 Å². The van der Waals surface area contributed by atoms with Crippen molar-refractivity contribution in [1.29, 1.82) is 0 Å². The molecule has 0 spiro atoms. The van der Waals surface area contributed by atoms with Crippen molar-refractivity contribution >= 4 is 40.3 Å². The van der Waals surface area contributed by atoms with Crippen molar-refractivity contribution in [2.75, 3.05) is 0 Å². The van der Waals surface area contributed by atoms with Crippen LogP contribution in [0, 0.1) is 0 Å². The zero-order chi connectivity index (χ0) is 25.3. The first-order valence-electron chi connectivity index (χ1n) is 11.9. The summed E-state index contributed by atoms with van der Waals surface area (Å²) in [5, 5.41) is 3.38. The van der Waals surface area contributed by atoms with Gasteiger partial charge in [-0.25, -0.2) is 9.89 Å². The number of benzene rings is 2. The summed E-state index contributed by atoms with van der Waals surface area (Å²) in [5.74, 6) is 1.38. The summed E-state index contributed by atoms with van der Waals surface area (Å²) < 4.78 is 5.26. The van der Waals surface area contributed by atoms with E-state index in [-0.39, 0.29) is 30.2 Å². The fraction of sp³-hybridized carbons (Fsp3) is 0.286. The minimum atomic E-state index is -0.792. The molecule has 2 aromatic carbocycles. The molecule has 3 heterocycles. The fourth-order valence-corrected chi connectivity index (χ4v) is 5.08. The summed E-state index contributed by atoms with van der Waals surface area (Å²) in [6, 6.07) is 19.0. The van der Waals surface area contributed by atoms with Gasteiger partial charge in [-0.1, -0.05) is 68.9 Å². The quantitative estimate of drug-likeness (QED) is 0.506. The Morgan fingerprint density at radius 3 is 2.58 bits per heavy atom. The van der Waals surface area contributed by atoms with Crippen LogP contribution in [-0.4, -0.2) is 33.8 Å². The van der Waals surface area contributed by atoms with Crippen molar-refractivity contribution in [2.45, 2.75) is 50.9 Å². The molecule has 8 heteroatoms. The molecule has 0 fully saturated rings. The van der Waals surface area contributed by atoms with Crippen molar-refractivity contribution in [3.05, 3.63) is 89.4 Å². The van der Waals surface area contributed by atoms with Gasteiger partial charge in [-0.2, -0.15) is 0 Å². The molecule has 0 radical (unpaired) electrons. The normalized spacial score (nSPS) is 16.8. The number of hydrogen-bond donors (Lipinski definition) is 1. The maximum absolute atomic E-state index is 13.4. The largest absolute Gasteiger partial charge is 0.467 e. The lowest BCUT2D eigenvalue weighted by molar-refractivity contribution is -0.128. The van der Waals surface area contributed by atoms with Crippen LogP contribution in [0.15, 0.2) is 81.3 Å². The van der Waals surface area contributed by atoms with Gasteiger partial charge in [0.1, 0.15) is 17.6 Å². The fourth-order valence-electron chi connectivity index (χ4n) is 4.13. The monoisotopic (exact) mass is 500 g/mol. The molecule has 3 aromatic rings. The van der Waals surface area contributed by atoms with Crippen molar-refractivity contribution in [3.63, 3.8) is 0 Å². The maximum Gasteiger partial charge on any atom is 0.259 e. The van der Waals surface area contributed by atoms with Gasteiger partial charge in [0.05, 0.1) is 24.9 Å². The van der Waals surface area contributed by atoms with Crippen molar-refractivity contribution in [3.8, 4) is 0 Å². The minimum absolute atomic E-state index is 0.0338. The summed E-state index contributed by atoms with van der Waals surface area (Å²) in [6.45, 7) is 6.85. The van der Waals surface area contributed by atoms with E-state index in [9.17, 15) is 9.59 Å². The number of fused-ring (bicyclic) bond motifs is 3. The number of amides is 2. The smallest absolute Gasteiger partial charge is 0.259 e. The van der Waals surface area contributed by atoms with E-state index < -0.39 is 6.04 Å². The van der Waals surface area contributed by atoms with E-state index in [2.05, 4.69) is 55.3 Å². The average Bonchev–Trinajstić information content (AvgIpc) is 3.49. The Morgan fingerprint density at radius 2 is 1.86 bits per heavy atom. The first-order chi connectivity index (χ1) is 17.3. The first-order valence-corrected chi connectivity index (χ1v) is 12.9. The van der Waals surface area contributed by atoms with Crippen LogP contribution in [0.1, 0.15) is 49.6 Å². The van der Waals surface area contributed by atoms with Crippen LogP contribution in [0.25, 0.3) is 0 Å². The summed E-state index contributed by atoms with van der Waals surface area (Å²) in [6.07, 6.45) is 1.52. The highest BCUT2D eigenvalue weighted by Gasteiger charge is 2.42. The number of amidine groups is 2. The number of hydrogen-bond acceptors (Lipinski definition) is 6. The number of rotatable bonds is 6. The molecule has 1 unspecified atom stereocenters. The van der Waals surface area contributed by atoms with E-state index in [1.165, 1.54) is 17.3 Å². The van der Waals surface area contributed by atoms with E-state index >= 15 is 0 Å². The van der Waals surface area contributed by atoms with Gasteiger partial charge in [0.15, 0.2) is 5.17 Å². The number of carbonyl (C=O) groups excluding carboxylic acids is 2. The number of carbonyl (C=O) groups is 2. The van der Waals surface area contributed by atoms with Gasteiger partial charge in [0.25, 0.3) is 5.91 Å². The highest BCUT2D eigenvalue weighted by Crippen LogP contribution is 2.35. The number of nitrogens with zero attached hydrogens (tertiary/aromatic N) is 3. The number of nitrogens with one attached hydrogen (secondary N) is 1. The molecule has 2 aliphatic rings. The summed E-state index contributed by atoms with van der Waals surface area (Å²) in [5.41, 5.74) is 4.08. The molecule has 184 valence electrons. The molecule has 2 aliphatic heterocycles. The van der Waals surface area contributed by atoms with Gasteiger partial charge in [-0.05, 0) is 40.8 Å². The van der Waals surface area contributed by atoms with Gasteiger partial charge < -0.3 is 9.73 Å². The predicted molar refractivity (Wildman–Crippen MR) is 142 cm³/mol. The molecule has 1 aromatic heterocycles. The lowest BCUT2D eigenvalue weighted by atomic mass is 9.87. The molecule has 0 aliphatic carbocycles. The van der Waals surface area contributed by atoms with Gasteiger partial charge in [-0.15, -0.1) is 0 Å². The van der Waals surface area contributed by atoms with Crippen LogP contribution in [0.3, 0.4) is 0 Å². The lowest BCUT2D eigenvalue weighted by Crippen LogP contribution is -2.42. The SMILES string of the molecule is CC(C)(C)c1ccc(CSC2=Nc3ccccc3C3=NC(CC(=O)NCc4ccco4)C(=O)N23)cc1. The van der Waals surface area contributed by atoms with Crippen molar-refractivity contribution in [1.82, 2.24) is 10.2 Å².